The molecule has 0 aromatic carbocycles. The van der Waals surface area contributed by atoms with E-state index in [0.29, 0.717) is 22.4 Å². The van der Waals surface area contributed by atoms with Gasteiger partial charge in [0.1, 0.15) is 11.5 Å². The van der Waals surface area contributed by atoms with E-state index in [1.165, 1.54) is 12.3 Å². The summed E-state index contributed by atoms with van der Waals surface area (Å²) in [5, 5.41) is 0.642. The van der Waals surface area contributed by atoms with Gasteiger partial charge in [-0.05, 0) is 18.9 Å². The van der Waals surface area contributed by atoms with Crippen molar-refractivity contribution in [1.29, 1.82) is 0 Å². The maximum atomic E-state index is 13.5. The SMILES string of the molecule is C=Nc1ccn(C)c1C(=NCN)c1c[nH]c2ncc(F)cc12. The van der Waals surface area contributed by atoms with Crippen molar-refractivity contribution < 1.29 is 4.39 Å². The van der Waals surface area contributed by atoms with Crippen molar-refractivity contribution in [2.45, 2.75) is 0 Å². The third kappa shape index (κ3) is 2.21. The summed E-state index contributed by atoms with van der Waals surface area (Å²) >= 11 is 0. The average molecular weight is 298 g/mol. The van der Waals surface area contributed by atoms with Gasteiger partial charge in [0, 0.05) is 30.4 Å². The topological polar surface area (TPSA) is 84.4 Å². The number of aryl methyl sites for hydroxylation is 1. The fraction of sp³-hybridized carbons (Fsp3) is 0.133. The minimum absolute atomic E-state index is 0.104. The van der Waals surface area contributed by atoms with E-state index in [1.807, 2.05) is 23.9 Å². The number of nitrogens with zero attached hydrogens (tertiary/aromatic N) is 4. The van der Waals surface area contributed by atoms with E-state index in [4.69, 9.17) is 5.73 Å². The number of aromatic nitrogens is 3. The molecule has 3 aromatic heterocycles. The largest absolute Gasteiger partial charge is 0.347 e. The molecule has 3 aromatic rings. The molecule has 7 heteroatoms. The van der Waals surface area contributed by atoms with Crippen LogP contribution < -0.4 is 5.73 Å². The Balaban J connectivity index is 2.27. The molecule has 3 rings (SSSR count). The molecule has 0 spiro atoms. The summed E-state index contributed by atoms with van der Waals surface area (Å²) in [5.41, 5.74) is 9.00. The number of nitrogens with one attached hydrogen (secondary N) is 1. The van der Waals surface area contributed by atoms with Crippen molar-refractivity contribution in [3.05, 3.63) is 47.8 Å². The van der Waals surface area contributed by atoms with E-state index in [1.54, 1.807) is 6.20 Å². The van der Waals surface area contributed by atoms with Gasteiger partial charge < -0.3 is 15.3 Å². The monoisotopic (exact) mass is 298 g/mol. The predicted octanol–water partition coefficient (Wildman–Crippen LogP) is 2.13. The Kier molecular flexibility index (Phi) is 3.56. The Labute approximate surface area is 126 Å². The third-order valence-electron chi connectivity index (χ3n) is 3.45. The molecule has 0 aliphatic heterocycles. The van der Waals surface area contributed by atoms with E-state index >= 15 is 0 Å². The number of rotatable bonds is 4. The van der Waals surface area contributed by atoms with E-state index in [0.717, 1.165) is 11.3 Å². The van der Waals surface area contributed by atoms with Gasteiger partial charge in [0.2, 0.25) is 0 Å². The molecule has 0 saturated heterocycles. The molecule has 0 fully saturated rings. The van der Waals surface area contributed by atoms with Gasteiger partial charge in [-0.3, -0.25) is 9.98 Å². The first-order chi connectivity index (χ1) is 10.7. The van der Waals surface area contributed by atoms with Gasteiger partial charge >= 0.3 is 0 Å². The van der Waals surface area contributed by atoms with Crippen LogP contribution in [0.15, 0.2) is 40.7 Å². The molecule has 0 aliphatic rings. The van der Waals surface area contributed by atoms with Crippen molar-refractivity contribution >= 4 is 29.1 Å². The van der Waals surface area contributed by atoms with Gasteiger partial charge in [-0.15, -0.1) is 0 Å². The lowest BCUT2D eigenvalue weighted by Crippen LogP contribution is -2.11. The lowest BCUT2D eigenvalue weighted by atomic mass is 10.1. The standard InChI is InChI=1S/C15H15FN6/c1-18-12-3-4-22(2)14(12)13(21-8-17)11-7-20-15-10(11)5-9(16)6-19-15/h3-7H,1,8,17H2,2H3,(H,19,20). The molecule has 112 valence electrons. The maximum Gasteiger partial charge on any atom is 0.142 e. The Bertz CT molecular complexity index is 873. The van der Waals surface area contributed by atoms with Crippen LogP contribution in [0, 0.1) is 5.82 Å². The number of fused-ring (bicyclic) bond motifs is 1. The Morgan fingerprint density at radius 3 is 3.09 bits per heavy atom. The molecule has 0 amide bonds. The van der Waals surface area contributed by atoms with Gasteiger partial charge in [-0.1, -0.05) is 0 Å². The molecule has 22 heavy (non-hydrogen) atoms. The molecular formula is C15H15FN6. The van der Waals surface area contributed by atoms with Crippen LogP contribution in [0.5, 0.6) is 0 Å². The number of hydrogen-bond donors (Lipinski definition) is 2. The number of H-pyrrole nitrogens is 1. The second-order valence-electron chi connectivity index (χ2n) is 4.76. The lowest BCUT2D eigenvalue weighted by Gasteiger charge is -2.09. The molecule has 0 radical (unpaired) electrons. The Hall–Kier alpha value is -2.80. The minimum atomic E-state index is -0.408. The van der Waals surface area contributed by atoms with E-state index in [-0.39, 0.29) is 6.67 Å². The highest BCUT2D eigenvalue weighted by Crippen LogP contribution is 2.27. The first-order valence-electron chi connectivity index (χ1n) is 6.65. The molecule has 6 nitrogen and oxygen atoms in total. The summed E-state index contributed by atoms with van der Waals surface area (Å²) in [6.07, 6.45) is 4.77. The number of aromatic amines is 1. The van der Waals surface area contributed by atoms with Crippen molar-refractivity contribution in [2.75, 3.05) is 6.67 Å². The minimum Gasteiger partial charge on any atom is -0.347 e. The molecule has 0 atom stereocenters. The summed E-state index contributed by atoms with van der Waals surface area (Å²) in [4.78, 5) is 15.4. The lowest BCUT2D eigenvalue weighted by molar-refractivity contribution is 0.624. The highest BCUT2D eigenvalue weighted by Gasteiger charge is 2.19. The van der Waals surface area contributed by atoms with Crippen LogP contribution in [0.4, 0.5) is 10.1 Å². The van der Waals surface area contributed by atoms with Crippen LogP contribution in [-0.2, 0) is 7.05 Å². The molecule has 0 unspecified atom stereocenters. The van der Waals surface area contributed by atoms with Gasteiger partial charge in [-0.2, -0.15) is 0 Å². The number of halogens is 1. The fourth-order valence-electron chi connectivity index (χ4n) is 2.49. The summed E-state index contributed by atoms with van der Waals surface area (Å²) in [7, 11) is 1.88. The van der Waals surface area contributed by atoms with Crippen molar-refractivity contribution in [3.8, 4) is 0 Å². The summed E-state index contributed by atoms with van der Waals surface area (Å²) in [6.45, 7) is 3.68. The average Bonchev–Trinajstić information content (AvgIpc) is 3.08. The zero-order valence-corrected chi connectivity index (χ0v) is 12.0. The van der Waals surface area contributed by atoms with Gasteiger partial charge in [0.05, 0.1) is 30.0 Å². The number of nitrogens with two attached hydrogens (primary N) is 1. The van der Waals surface area contributed by atoms with Gasteiger partial charge in [-0.25, -0.2) is 9.37 Å². The summed E-state index contributed by atoms with van der Waals surface area (Å²) in [5.74, 6) is -0.408. The Morgan fingerprint density at radius 1 is 1.55 bits per heavy atom. The molecule has 0 bridgehead atoms. The number of pyridine rings is 1. The van der Waals surface area contributed by atoms with Gasteiger partial charge in [0.25, 0.3) is 0 Å². The maximum absolute atomic E-state index is 13.5. The van der Waals surface area contributed by atoms with Crippen molar-refractivity contribution in [2.24, 2.45) is 22.8 Å². The Morgan fingerprint density at radius 2 is 2.36 bits per heavy atom. The molecule has 0 aliphatic carbocycles. The predicted molar refractivity (Wildman–Crippen MR) is 85.4 cm³/mol. The second kappa shape index (κ2) is 5.53. The summed E-state index contributed by atoms with van der Waals surface area (Å²) in [6, 6.07) is 3.26. The third-order valence-corrected chi connectivity index (χ3v) is 3.45. The molecular weight excluding hydrogens is 283 g/mol. The molecule has 3 heterocycles. The van der Waals surface area contributed by atoms with Crippen LogP contribution in [0.1, 0.15) is 11.3 Å². The highest BCUT2D eigenvalue weighted by atomic mass is 19.1. The second-order valence-corrected chi connectivity index (χ2v) is 4.76. The highest BCUT2D eigenvalue weighted by molar-refractivity contribution is 6.20. The summed E-state index contributed by atoms with van der Waals surface area (Å²) < 4.78 is 15.4. The van der Waals surface area contributed by atoms with E-state index in [2.05, 4.69) is 26.7 Å². The van der Waals surface area contributed by atoms with Crippen molar-refractivity contribution in [3.63, 3.8) is 0 Å². The first-order valence-corrected chi connectivity index (χ1v) is 6.65. The normalized spacial score (nSPS) is 12.0. The van der Waals surface area contributed by atoms with Crippen LogP contribution in [0.3, 0.4) is 0 Å². The van der Waals surface area contributed by atoms with Crippen LogP contribution in [0.25, 0.3) is 11.0 Å². The number of aliphatic imine (C=N–C) groups is 2. The van der Waals surface area contributed by atoms with Crippen molar-refractivity contribution in [1.82, 2.24) is 14.5 Å². The smallest absolute Gasteiger partial charge is 0.142 e. The van der Waals surface area contributed by atoms with Gasteiger partial charge in [0.15, 0.2) is 0 Å². The molecule has 3 N–H and O–H groups in total. The van der Waals surface area contributed by atoms with Crippen LogP contribution >= 0.6 is 0 Å². The van der Waals surface area contributed by atoms with E-state index in [9.17, 15) is 4.39 Å². The van der Waals surface area contributed by atoms with Crippen LogP contribution in [-0.4, -0.2) is 33.6 Å². The first kappa shape index (κ1) is 14.2. The fourth-order valence-corrected chi connectivity index (χ4v) is 2.49. The van der Waals surface area contributed by atoms with E-state index < -0.39 is 5.82 Å². The van der Waals surface area contributed by atoms with Crippen LogP contribution in [0.2, 0.25) is 0 Å². The zero-order valence-electron chi connectivity index (χ0n) is 12.0. The zero-order chi connectivity index (χ0) is 15.7. The number of hydrogen-bond acceptors (Lipinski definition) is 4. The quantitative estimate of drug-likeness (QED) is 0.723. The molecule has 0 saturated carbocycles.